The van der Waals surface area contributed by atoms with Crippen molar-refractivity contribution in [2.45, 2.75) is 63.9 Å². The maximum Gasteiger partial charge on any atom is 0.334 e. The monoisotopic (exact) mass is 581 g/mol. The molecule has 5 rings (SSSR count). The van der Waals surface area contributed by atoms with Gasteiger partial charge < -0.3 is 14.9 Å². The van der Waals surface area contributed by atoms with Crippen LogP contribution in [0.2, 0.25) is 0 Å². The van der Waals surface area contributed by atoms with Gasteiger partial charge in [-0.3, -0.25) is 23.9 Å². The number of rotatable bonds is 8. The summed E-state index contributed by atoms with van der Waals surface area (Å²) in [4.78, 5) is 52.9. The fraction of sp³-hybridized carbons (Fsp3) is 0.414. The third kappa shape index (κ3) is 6.64. The summed E-state index contributed by atoms with van der Waals surface area (Å²) in [6, 6.07) is 15.2. The predicted octanol–water partition coefficient (Wildman–Crippen LogP) is 1.86. The van der Waals surface area contributed by atoms with E-state index in [-0.39, 0.29) is 61.9 Å². The summed E-state index contributed by atoms with van der Waals surface area (Å²) < 4.78 is 13.4. The Morgan fingerprint density at radius 2 is 1.68 bits per heavy atom. The van der Waals surface area contributed by atoms with Crippen LogP contribution in [-0.4, -0.2) is 56.2 Å². The van der Waals surface area contributed by atoms with Crippen LogP contribution in [0.5, 0.6) is 0 Å². The van der Waals surface area contributed by atoms with Crippen LogP contribution in [0.15, 0.2) is 58.1 Å². The van der Waals surface area contributed by atoms with E-state index < -0.39 is 23.9 Å². The minimum Gasteiger partial charge on any atom is -0.468 e. The molecule has 0 aliphatic carbocycles. The van der Waals surface area contributed by atoms with Gasteiger partial charge in [-0.05, 0) is 44.2 Å². The smallest absolute Gasteiger partial charge is 0.334 e. The Kier molecular flexibility index (Phi) is 10.7. The third-order valence-electron chi connectivity index (χ3n) is 7.73. The van der Waals surface area contributed by atoms with Gasteiger partial charge in [0, 0.05) is 51.5 Å². The molecule has 1 radical (unpaired) electrons. The molecule has 211 valence electrons. The van der Waals surface area contributed by atoms with Gasteiger partial charge in [0.25, 0.3) is 11.5 Å². The van der Waals surface area contributed by atoms with Crippen LogP contribution >= 0.6 is 0 Å². The first kappa shape index (κ1) is 31.5. The number of fused-ring (bicyclic) bond motifs is 3. The van der Waals surface area contributed by atoms with Crippen molar-refractivity contribution in [3.8, 4) is 0 Å². The SMILES string of the molecule is Cc1cccc2c1c(=O)n(COC(=O)CCN1C3CCC1CC(OC(=O)[CH-]c1ccccc1)C3)c(=O)n2C.O.[Sc]. The molecule has 2 atom stereocenters. The molecule has 40 heavy (non-hydrogen) atoms. The van der Waals surface area contributed by atoms with Crippen molar-refractivity contribution in [2.24, 2.45) is 7.05 Å². The van der Waals surface area contributed by atoms with Gasteiger partial charge in [-0.1, -0.05) is 24.6 Å². The molecule has 3 aromatic rings. The molecule has 2 N–H and O–H groups in total. The third-order valence-corrected chi connectivity index (χ3v) is 7.73. The molecular formula is C29H34N3O7Sc-. The maximum atomic E-state index is 13.0. The van der Waals surface area contributed by atoms with Gasteiger partial charge in [0.05, 0.1) is 17.3 Å². The van der Waals surface area contributed by atoms with Crippen LogP contribution < -0.4 is 11.2 Å². The molecule has 2 fully saturated rings. The molecule has 10 nitrogen and oxygen atoms in total. The molecule has 3 heterocycles. The predicted molar refractivity (Wildman–Crippen MR) is 145 cm³/mol. The van der Waals surface area contributed by atoms with Crippen LogP contribution in [0.4, 0.5) is 0 Å². The second kappa shape index (κ2) is 13.6. The summed E-state index contributed by atoms with van der Waals surface area (Å²) in [5, 5.41) is 0.437. The number of carbonyl (C=O) groups is 2. The number of hydrogen-bond donors (Lipinski definition) is 0. The van der Waals surface area contributed by atoms with Crippen molar-refractivity contribution < 1.29 is 50.4 Å². The Bertz CT molecular complexity index is 1460. The molecular weight excluding hydrogens is 547 g/mol. The van der Waals surface area contributed by atoms with Gasteiger partial charge in [0.1, 0.15) is 6.10 Å². The summed E-state index contributed by atoms with van der Waals surface area (Å²) in [5.41, 5.74) is 1.12. The van der Waals surface area contributed by atoms with Gasteiger partial charge >= 0.3 is 11.7 Å². The minimum atomic E-state index is -0.528. The van der Waals surface area contributed by atoms with E-state index in [0.29, 0.717) is 17.4 Å². The number of nitrogens with zero attached hydrogens (tertiary/aromatic N) is 3. The minimum absolute atomic E-state index is 0. The number of ether oxygens (including phenoxy) is 2. The normalized spacial score (nSPS) is 19.8. The van der Waals surface area contributed by atoms with Gasteiger partial charge in [0.15, 0.2) is 6.73 Å². The van der Waals surface area contributed by atoms with E-state index in [1.54, 1.807) is 19.2 Å². The largest absolute Gasteiger partial charge is 0.468 e. The molecule has 0 saturated carbocycles. The number of benzene rings is 2. The van der Waals surface area contributed by atoms with Crippen molar-refractivity contribution >= 4 is 22.8 Å². The van der Waals surface area contributed by atoms with Crippen molar-refractivity contribution in [2.75, 3.05) is 6.54 Å². The van der Waals surface area contributed by atoms with Gasteiger partial charge in [0.2, 0.25) is 0 Å². The zero-order valence-electron chi connectivity index (χ0n) is 22.7. The van der Waals surface area contributed by atoms with Gasteiger partial charge in [-0.2, -0.15) is 17.7 Å². The van der Waals surface area contributed by atoms with Crippen molar-refractivity contribution in [1.29, 1.82) is 0 Å². The first-order chi connectivity index (χ1) is 18.3. The maximum absolute atomic E-state index is 13.0. The molecule has 2 saturated heterocycles. The molecule has 2 aliphatic rings. The number of piperidine rings is 1. The summed E-state index contributed by atoms with van der Waals surface area (Å²) in [6.07, 6.45) is 5.00. The van der Waals surface area contributed by atoms with Crippen LogP contribution in [0.3, 0.4) is 0 Å². The van der Waals surface area contributed by atoms with Gasteiger partial charge in [-0.25, -0.2) is 9.36 Å². The van der Waals surface area contributed by atoms with E-state index in [1.165, 1.54) is 11.0 Å². The number of esters is 2. The van der Waals surface area contributed by atoms with Crippen LogP contribution in [0.1, 0.15) is 43.2 Å². The molecule has 1 aromatic heterocycles. The second-order valence-electron chi connectivity index (χ2n) is 10.1. The van der Waals surface area contributed by atoms with E-state index >= 15 is 0 Å². The Labute approximate surface area is 251 Å². The van der Waals surface area contributed by atoms with E-state index in [9.17, 15) is 19.2 Å². The van der Waals surface area contributed by atoms with E-state index in [1.807, 2.05) is 43.3 Å². The average Bonchev–Trinajstić information content (AvgIpc) is 3.14. The Morgan fingerprint density at radius 3 is 2.35 bits per heavy atom. The number of aryl methyl sites for hydroxylation is 2. The van der Waals surface area contributed by atoms with Crippen LogP contribution in [-0.2, 0) is 58.7 Å². The summed E-state index contributed by atoms with van der Waals surface area (Å²) in [6.45, 7) is 1.91. The molecule has 2 aromatic carbocycles. The zero-order valence-corrected chi connectivity index (χ0v) is 24.5. The standard InChI is InChI=1S/C29H32N3O6.H2O.Sc/c1-19-7-6-10-24-27(19)28(35)32(29(36)30(24)2)18-37-25(33)13-14-31-21-11-12-22(31)17-23(16-21)38-26(34)15-20-8-4-3-5-9-20;;/h3-10,15,21-23H,11-14,16-18H2,1-2H3;1H2;/q-1;;. The Morgan fingerprint density at radius 1 is 1.00 bits per heavy atom. The summed E-state index contributed by atoms with van der Waals surface area (Å²) in [5.74, 6) is -0.794. The molecule has 0 amide bonds. The van der Waals surface area contributed by atoms with E-state index in [2.05, 4.69) is 4.90 Å². The first-order valence-corrected chi connectivity index (χ1v) is 13.0. The number of aromatic nitrogens is 2. The fourth-order valence-electron chi connectivity index (χ4n) is 5.83. The van der Waals surface area contributed by atoms with Crippen molar-refractivity contribution in [3.63, 3.8) is 0 Å². The quantitative estimate of drug-likeness (QED) is 0.293. The van der Waals surface area contributed by atoms with Gasteiger partial charge in [-0.15, -0.1) is 12.1 Å². The molecule has 11 heteroatoms. The Hall–Kier alpha value is -3.02. The molecule has 2 unspecified atom stereocenters. The van der Waals surface area contributed by atoms with Crippen LogP contribution in [0.25, 0.3) is 10.9 Å². The van der Waals surface area contributed by atoms with Crippen LogP contribution in [0, 0.1) is 13.3 Å². The fourth-order valence-corrected chi connectivity index (χ4v) is 5.83. The van der Waals surface area contributed by atoms with E-state index in [0.717, 1.165) is 41.4 Å². The summed E-state index contributed by atoms with van der Waals surface area (Å²) in [7, 11) is 1.60. The molecule has 2 aliphatic heterocycles. The van der Waals surface area contributed by atoms with E-state index in [4.69, 9.17) is 9.47 Å². The topological polar surface area (TPSA) is 131 Å². The summed E-state index contributed by atoms with van der Waals surface area (Å²) >= 11 is 0. The molecule has 0 spiro atoms. The molecule has 2 bridgehead atoms. The second-order valence-corrected chi connectivity index (χ2v) is 10.1. The first-order valence-electron chi connectivity index (χ1n) is 13.0. The Balaban J connectivity index is 0.00000220. The number of hydrogen-bond acceptors (Lipinski definition) is 7. The zero-order chi connectivity index (χ0) is 26.8. The average molecular weight is 582 g/mol. The number of carbonyl (C=O) groups excluding carboxylic acids is 2. The van der Waals surface area contributed by atoms with Crippen molar-refractivity contribution in [1.82, 2.24) is 14.0 Å². The van der Waals surface area contributed by atoms with Crippen molar-refractivity contribution in [3.05, 3.63) is 86.9 Å².